The molecule has 1 N–H and O–H groups in total. The third-order valence-electron chi connectivity index (χ3n) is 6.93. The Morgan fingerprint density at radius 2 is 1.92 bits per heavy atom. The number of benzene rings is 2. The van der Waals surface area contributed by atoms with Gasteiger partial charge in [-0.05, 0) is 29.9 Å². The average Bonchev–Trinajstić information content (AvgIpc) is 2.89. The van der Waals surface area contributed by atoms with E-state index in [9.17, 15) is 9.59 Å². The molecule has 2 aromatic rings. The van der Waals surface area contributed by atoms with Crippen LogP contribution in [0.3, 0.4) is 0 Å². The molecular formula is C29H37N3O4. The first-order valence-electron chi connectivity index (χ1n) is 12.8. The van der Waals surface area contributed by atoms with E-state index < -0.39 is 0 Å². The van der Waals surface area contributed by atoms with Gasteiger partial charge in [-0.25, -0.2) is 0 Å². The highest BCUT2D eigenvalue weighted by molar-refractivity contribution is 5.79. The molecule has 0 aliphatic carbocycles. The lowest BCUT2D eigenvalue weighted by Crippen LogP contribution is -2.47. The van der Waals surface area contributed by atoms with Crippen LogP contribution >= 0.6 is 0 Å². The molecule has 2 bridgehead atoms. The van der Waals surface area contributed by atoms with E-state index in [0.29, 0.717) is 58.9 Å². The third-order valence-corrected chi connectivity index (χ3v) is 6.93. The van der Waals surface area contributed by atoms with E-state index in [4.69, 9.17) is 9.47 Å². The van der Waals surface area contributed by atoms with Crippen molar-refractivity contribution in [3.63, 3.8) is 0 Å². The van der Waals surface area contributed by atoms with Crippen LogP contribution in [0.15, 0.2) is 66.7 Å². The number of amides is 2. The second kappa shape index (κ2) is 13.2. The molecule has 2 aromatic carbocycles. The fourth-order valence-corrected chi connectivity index (χ4v) is 5.02. The minimum absolute atomic E-state index is 0.0346. The van der Waals surface area contributed by atoms with Crippen LogP contribution in [0.25, 0.3) is 0 Å². The van der Waals surface area contributed by atoms with Gasteiger partial charge < -0.3 is 19.7 Å². The van der Waals surface area contributed by atoms with Crippen molar-refractivity contribution in [2.45, 2.75) is 25.9 Å². The number of nitrogens with one attached hydrogen (secondary N) is 1. The highest BCUT2D eigenvalue weighted by Crippen LogP contribution is 2.29. The van der Waals surface area contributed by atoms with Crippen LogP contribution in [-0.2, 0) is 27.4 Å². The molecule has 0 unspecified atom stereocenters. The van der Waals surface area contributed by atoms with E-state index >= 15 is 0 Å². The molecule has 2 amide bonds. The Hall–Kier alpha value is -3.16. The lowest BCUT2D eigenvalue weighted by Gasteiger charge is -2.38. The molecule has 0 radical (unpaired) electrons. The molecular weight excluding hydrogens is 454 g/mol. The largest absolute Gasteiger partial charge is 0.489 e. The second-order valence-electron chi connectivity index (χ2n) is 9.58. The Morgan fingerprint density at radius 1 is 1.11 bits per heavy atom. The maximum atomic E-state index is 13.5. The Balaban J connectivity index is 1.52. The molecule has 0 aromatic heterocycles. The zero-order valence-corrected chi connectivity index (χ0v) is 21.1. The fraction of sp³-hybridized carbons (Fsp3) is 0.448. The quantitative estimate of drug-likeness (QED) is 0.476. The minimum atomic E-state index is 0.0346. The number of hydrogen-bond acceptors (Lipinski definition) is 5. The number of carbonyl (C=O) groups excluding carboxylic acids is 2. The summed E-state index contributed by atoms with van der Waals surface area (Å²) in [6.07, 6.45) is 5.42. The van der Waals surface area contributed by atoms with Crippen molar-refractivity contribution in [1.29, 1.82) is 0 Å². The summed E-state index contributed by atoms with van der Waals surface area (Å²) in [5, 5.41) is 2.93. The van der Waals surface area contributed by atoms with Gasteiger partial charge in [-0.2, -0.15) is 0 Å². The molecule has 1 saturated heterocycles. The predicted octanol–water partition coefficient (Wildman–Crippen LogP) is 3.25. The molecule has 2 aliphatic heterocycles. The predicted molar refractivity (Wildman–Crippen MR) is 139 cm³/mol. The molecule has 2 atom stereocenters. The Labute approximate surface area is 214 Å². The third kappa shape index (κ3) is 7.42. The molecule has 7 heteroatoms. The first-order chi connectivity index (χ1) is 17.6. The normalized spacial score (nSPS) is 20.9. The van der Waals surface area contributed by atoms with Crippen LogP contribution in [-0.4, -0.2) is 68.1 Å². The van der Waals surface area contributed by atoms with E-state index in [0.717, 1.165) is 17.7 Å². The molecule has 0 spiro atoms. The van der Waals surface area contributed by atoms with Crippen molar-refractivity contribution in [3.05, 3.63) is 77.9 Å². The smallest absolute Gasteiger partial charge is 0.236 e. The van der Waals surface area contributed by atoms with Gasteiger partial charge in [0.05, 0.1) is 13.2 Å². The van der Waals surface area contributed by atoms with Gasteiger partial charge >= 0.3 is 0 Å². The van der Waals surface area contributed by atoms with E-state index in [1.807, 2.05) is 47.4 Å². The summed E-state index contributed by atoms with van der Waals surface area (Å²) in [5.41, 5.74) is 2.24. The fourth-order valence-electron chi connectivity index (χ4n) is 5.02. The van der Waals surface area contributed by atoms with Crippen molar-refractivity contribution >= 4 is 11.8 Å². The second-order valence-corrected chi connectivity index (χ2v) is 9.58. The molecule has 7 nitrogen and oxygen atoms in total. The SMILES string of the molecule is COCCNC(=O)C[C@@H]1CCN2C[C@@H]1C=CCOc1ccccc1CN(Cc1ccccc1)CC2=O. The van der Waals surface area contributed by atoms with Gasteiger partial charge in [-0.1, -0.05) is 60.7 Å². The van der Waals surface area contributed by atoms with Crippen LogP contribution in [0, 0.1) is 11.8 Å². The van der Waals surface area contributed by atoms with Crippen LogP contribution in [0.2, 0.25) is 0 Å². The molecule has 2 heterocycles. The van der Waals surface area contributed by atoms with Crippen molar-refractivity contribution < 1.29 is 19.1 Å². The highest BCUT2D eigenvalue weighted by Gasteiger charge is 2.32. The van der Waals surface area contributed by atoms with Crippen LogP contribution in [0.1, 0.15) is 24.0 Å². The molecule has 1 fully saturated rings. The van der Waals surface area contributed by atoms with Gasteiger partial charge in [0.2, 0.25) is 11.8 Å². The monoisotopic (exact) mass is 491 g/mol. The topological polar surface area (TPSA) is 71.1 Å². The summed E-state index contributed by atoms with van der Waals surface area (Å²) >= 11 is 0. The maximum absolute atomic E-state index is 13.5. The molecule has 2 aliphatic rings. The van der Waals surface area contributed by atoms with E-state index in [2.05, 4.69) is 34.5 Å². The number of ether oxygens (including phenoxy) is 2. The summed E-state index contributed by atoms with van der Waals surface area (Å²) in [5.74, 6) is 1.30. The number of methoxy groups -OCH3 is 1. The number of rotatable bonds is 7. The Morgan fingerprint density at radius 3 is 2.75 bits per heavy atom. The summed E-state index contributed by atoms with van der Waals surface area (Å²) in [7, 11) is 1.62. The number of hydrogen-bond donors (Lipinski definition) is 1. The van der Waals surface area contributed by atoms with E-state index in [1.54, 1.807) is 7.11 Å². The zero-order chi connectivity index (χ0) is 25.2. The summed E-state index contributed by atoms with van der Waals surface area (Å²) in [6.45, 7) is 4.40. The van der Waals surface area contributed by atoms with Gasteiger partial charge in [0.15, 0.2) is 0 Å². The van der Waals surface area contributed by atoms with Crippen molar-refractivity contribution in [2.24, 2.45) is 11.8 Å². The molecule has 192 valence electrons. The van der Waals surface area contributed by atoms with Crippen molar-refractivity contribution in [2.75, 3.05) is 46.5 Å². The number of para-hydroxylation sites is 1. The van der Waals surface area contributed by atoms with Gasteiger partial charge in [0.25, 0.3) is 0 Å². The van der Waals surface area contributed by atoms with Crippen LogP contribution in [0.5, 0.6) is 5.75 Å². The minimum Gasteiger partial charge on any atom is -0.489 e. The molecule has 36 heavy (non-hydrogen) atoms. The highest BCUT2D eigenvalue weighted by atomic mass is 16.5. The van der Waals surface area contributed by atoms with Crippen molar-refractivity contribution in [3.8, 4) is 5.75 Å². The average molecular weight is 492 g/mol. The van der Waals surface area contributed by atoms with Gasteiger partial charge in [-0.15, -0.1) is 0 Å². The van der Waals surface area contributed by atoms with E-state index in [1.165, 1.54) is 5.56 Å². The zero-order valence-electron chi connectivity index (χ0n) is 21.1. The number of nitrogens with zero attached hydrogens (tertiary/aromatic N) is 2. The van der Waals surface area contributed by atoms with Gasteiger partial charge in [0, 0.05) is 51.8 Å². The number of fused-ring (bicyclic) bond motifs is 3. The Kier molecular flexibility index (Phi) is 9.53. The Bertz CT molecular complexity index is 1030. The number of carbonyl (C=O) groups is 2. The van der Waals surface area contributed by atoms with Gasteiger partial charge in [0.1, 0.15) is 12.4 Å². The molecule has 0 saturated carbocycles. The first-order valence-corrected chi connectivity index (χ1v) is 12.8. The van der Waals surface area contributed by atoms with Gasteiger partial charge in [-0.3, -0.25) is 14.5 Å². The van der Waals surface area contributed by atoms with E-state index in [-0.39, 0.29) is 23.7 Å². The van der Waals surface area contributed by atoms with Crippen LogP contribution < -0.4 is 10.1 Å². The summed E-state index contributed by atoms with van der Waals surface area (Å²) in [6, 6.07) is 18.3. The summed E-state index contributed by atoms with van der Waals surface area (Å²) < 4.78 is 11.2. The summed E-state index contributed by atoms with van der Waals surface area (Å²) in [4.78, 5) is 30.1. The standard InChI is InChI=1S/C29H37N3O4/c1-35-17-14-30-28(33)18-24-13-15-32-21-25(24)11-7-16-36-27-12-6-5-10-26(27)20-31(22-29(32)34)19-23-8-3-2-4-9-23/h2-12,24-25H,13-22H2,1H3,(H,30,33)/t24-,25-/m0/s1. The van der Waals surface area contributed by atoms with Crippen LogP contribution in [0.4, 0.5) is 0 Å². The lowest BCUT2D eigenvalue weighted by atomic mass is 9.82. The van der Waals surface area contributed by atoms with Crippen molar-refractivity contribution in [1.82, 2.24) is 15.1 Å². The maximum Gasteiger partial charge on any atom is 0.236 e. The first kappa shape index (κ1) is 25.9. The molecule has 4 rings (SSSR count). The lowest BCUT2D eigenvalue weighted by molar-refractivity contribution is -0.135. The number of piperidine rings is 1.